The number of aryl methyl sites for hydroxylation is 2. The number of hydrogen-bond donors (Lipinski definition) is 2. The van der Waals surface area contributed by atoms with Crippen molar-refractivity contribution in [3.05, 3.63) is 119 Å². The monoisotopic (exact) mass is 583 g/mol. The largest absolute Gasteiger partial charge is 0.851 e. The van der Waals surface area contributed by atoms with Gasteiger partial charge in [-0.05, 0) is 91.4 Å². The summed E-state index contributed by atoms with van der Waals surface area (Å²) in [5.41, 5.74) is 7.66. The van der Waals surface area contributed by atoms with Crippen LogP contribution in [-0.4, -0.2) is 30.0 Å². The summed E-state index contributed by atoms with van der Waals surface area (Å²) in [5.74, 6) is -1.58. The second-order valence-electron chi connectivity index (χ2n) is 12.8. The Hall–Kier alpha value is -4.52. The molecular weight excluding hydrogens is 546 g/mol. The molecule has 1 aliphatic heterocycles. The molecule has 1 fully saturated rings. The van der Waals surface area contributed by atoms with Gasteiger partial charge < -0.3 is 30.4 Å². The average Bonchev–Trinajstić information content (AvgIpc) is 3.00. The Bertz CT molecular complexity index is 1850. The van der Waals surface area contributed by atoms with Crippen LogP contribution >= 0.6 is 0 Å². The van der Waals surface area contributed by atoms with Crippen LogP contribution in [0.3, 0.4) is 0 Å². The Morgan fingerprint density at radius 3 is 1.95 bits per heavy atom. The van der Waals surface area contributed by atoms with E-state index in [2.05, 4.69) is 86.3 Å². The van der Waals surface area contributed by atoms with Crippen LogP contribution in [0.25, 0.3) is 10.8 Å². The zero-order valence-electron chi connectivity index (χ0n) is 25.7. The third kappa shape index (κ3) is 4.24. The van der Waals surface area contributed by atoms with Crippen LogP contribution < -0.4 is 25.3 Å². The predicted molar refractivity (Wildman–Crippen MR) is 175 cm³/mol. The number of para-hydroxylation sites is 2. The quantitative estimate of drug-likeness (QED) is 0.244. The molecule has 44 heavy (non-hydrogen) atoms. The highest BCUT2D eigenvalue weighted by atomic mass is 16.3. The fourth-order valence-electron chi connectivity index (χ4n) is 7.13. The lowest BCUT2D eigenvalue weighted by atomic mass is 9.62. The van der Waals surface area contributed by atoms with Crippen LogP contribution in [0.5, 0.6) is 5.75 Å². The molecule has 6 nitrogen and oxygen atoms in total. The van der Waals surface area contributed by atoms with Crippen molar-refractivity contribution < 1.29 is 15.3 Å². The van der Waals surface area contributed by atoms with E-state index >= 15 is 0 Å². The van der Waals surface area contributed by atoms with Gasteiger partial charge in [-0.1, -0.05) is 66.7 Å². The highest BCUT2D eigenvalue weighted by Crippen LogP contribution is 2.53. The number of rotatable bonds is 5. The van der Waals surface area contributed by atoms with Crippen LogP contribution in [0, 0.1) is 13.8 Å². The number of aromatic hydroxyl groups is 1. The first-order valence-corrected chi connectivity index (χ1v) is 15.2. The number of benzene rings is 5. The Labute approximate surface area is 258 Å². The number of phenols is 1. The van der Waals surface area contributed by atoms with Gasteiger partial charge in [0.25, 0.3) is 0 Å². The molecule has 2 unspecified atom stereocenters. The lowest BCUT2D eigenvalue weighted by molar-refractivity contribution is -0.536. The highest BCUT2D eigenvalue weighted by Gasteiger charge is 2.42. The molecule has 1 saturated carbocycles. The molecule has 2 N–H and O–H groups in total. The van der Waals surface area contributed by atoms with Crippen molar-refractivity contribution in [1.29, 1.82) is 0 Å². The van der Waals surface area contributed by atoms with Crippen molar-refractivity contribution in [3.63, 3.8) is 0 Å². The number of nitrogens with one attached hydrogen (secondary N) is 1. The van der Waals surface area contributed by atoms with Gasteiger partial charge in [0.05, 0.1) is 0 Å². The van der Waals surface area contributed by atoms with E-state index in [1.807, 2.05) is 48.5 Å². The summed E-state index contributed by atoms with van der Waals surface area (Å²) in [6, 6.07) is 31.7. The van der Waals surface area contributed by atoms with Crippen molar-refractivity contribution in [3.8, 4) is 5.75 Å². The molecule has 1 aliphatic carbocycles. The predicted octanol–water partition coefficient (Wildman–Crippen LogP) is 6.57. The van der Waals surface area contributed by atoms with E-state index in [0.717, 1.165) is 55.9 Å². The number of nitrogens with zero attached hydrogens (tertiary/aromatic N) is 2. The molecule has 2 atom stereocenters. The molecule has 2 aliphatic rings. The third-order valence-electron chi connectivity index (χ3n) is 9.81. The summed E-state index contributed by atoms with van der Waals surface area (Å²) >= 11 is 0. The van der Waals surface area contributed by atoms with Gasteiger partial charge in [-0.25, -0.2) is 0 Å². The highest BCUT2D eigenvalue weighted by molar-refractivity contribution is 6.07. The van der Waals surface area contributed by atoms with Gasteiger partial charge in [0.15, 0.2) is 0 Å². The molecule has 5 aromatic carbocycles. The summed E-state index contributed by atoms with van der Waals surface area (Å²) in [6.07, 6.45) is -2.35. The molecule has 5 aromatic rings. The number of anilines is 5. The van der Waals surface area contributed by atoms with Gasteiger partial charge in [0.1, 0.15) is 11.4 Å². The van der Waals surface area contributed by atoms with Gasteiger partial charge in [0, 0.05) is 46.9 Å². The van der Waals surface area contributed by atoms with Gasteiger partial charge in [-0.15, -0.1) is 12.2 Å². The summed E-state index contributed by atoms with van der Waals surface area (Å²) in [4.78, 5) is 4.30. The van der Waals surface area contributed by atoms with Crippen LogP contribution in [0.2, 0.25) is 0 Å². The second-order valence-corrected chi connectivity index (χ2v) is 12.8. The number of phenolic OH excluding ortho intramolecular Hbond substituents is 1. The van der Waals surface area contributed by atoms with Gasteiger partial charge in [-0.2, -0.15) is 0 Å². The SMILES string of the molecule is Cc1ccccc1N(c1ccc(C2C([O-])C(c3ccc4cccc5c4c3NC(C)(C)N5C)C2[O-])c(O)c1)c1ccccc1C. The molecule has 0 bridgehead atoms. The maximum absolute atomic E-state index is 13.9. The molecule has 224 valence electrons. The smallest absolute Gasteiger partial charge is 0.121 e. The van der Waals surface area contributed by atoms with Crippen LogP contribution in [0.1, 0.15) is 47.9 Å². The first-order valence-electron chi connectivity index (χ1n) is 15.2. The van der Waals surface area contributed by atoms with Gasteiger partial charge >= 0.3 is 0 Å². The van der Waals surface area contributed by atoms with Crippen molar-refractivity contribution in [2.75, 3.05) is 22.2 Å². The summed E-state index contributed by atoms with van der Waals surface area (Å²) in [7, 11) is 2.05. The molecule has 0 amide bonds. The molecule has 7 rings (SSSR count). The minimum atomic E-state index is -1.18. The van der Waals surface area contributed by atoms with E-state index in [9.17, 15) is 15.3 Å². The third-order valence-corrected chi connectivity index (χ3v) is 9.81. The van der Waals surface area contributed by atoms with Crippen molar-refractivity contribution >= 4 is 39.2 Å². The lowest BCUT2D eigenvalue weighted by Crippen LogP contribution is -2.64. The molecule has 0 spiro atoms. The fourth-order valence-corrected chi connectivity index (χ4v) is 7.13. The van der Waals surface area contributed by atoms with E-state index in [1.54, 1.807) is 12.1 Å². The fraction of sp³-hybridized carbons (Fsp3) is 0.263. The van der Waals surface area contributed by atoms with E-state index in [1.165, 1.54) is 0 Å². The zero-order chi connectivity index (χ0) is 30.9. The minimum absolute atomic E-state index is 0.0251. The lowest BCUT2D eigenvalue weighted by Gasteiger charge is -2.62. The minimum Gasteiger partial charge on any atom is -0.851 e. The summed E-state index contributed by atoms with van der Waals surface area (Å²) in [5, 5.41) is 45.0. The Morgan fingerprint density at radius 2 is 1.34 bits per heavy atom. The standard InChI is InChI=1S/C38H37N3O3/c1-22-11-6-8-14-28(22)41(29-15-9-7-12-23(29)2)25-18-20-26(31(42)21-25)33-36(43)34(37(33)44)27-19-17-24-13-10-16-30-32(24)35(27)39-38(3,4)40(30)5/h6-21,33-34,36-37,39,42H,1-5H3/q-2. The summed E-state index contributed by atoms with van der Waals surface area (Å²) in [6.45, 7) is 8.30. The average molecular weight is 584 g/mol. The van der Waals surface area contributed by atoms with E-state index < -0.39 is 29.7 Å². The van der Waals surface area contributed by atoms with Gasteiger partial charge in [0.2, 0.25) is 0 Å². The number of hydrogen-bond acceptors (Lipinski definition) is 6. The Morgan fingerprint density at radius 1 is 0.750 bits per heavy atom. The van der Waals surface area contributed by atoms with Crippen LogP contribution in [0.4, 0.5) is 28.4 Å². The normalized spacial score (nSPS) is 21.9. The van der Waals surface area contributed by atoms with E-state index in [4.69, 9.17) is 0 Å². The summed E-state index contributed by atoms with van der Waals surface area (Å²) < 4.78 is 0. The topological polar surface area (TPSA) is 84.9 Å². The maximum Gasteiger partial charge on any atom is 0.121 e. The Kier molecular flexibility index (Phi) is 6.61. The molecule has 6 heteroatoms. The van der Waals surface area contributed by atoms with E-state index in [0.29, 0.717) is 5.56 Å². The van der Waals surface area contributed by atoms with E-state index in [-0.39, 0.29) is 5.75 Å². The molecule has 0 aromatic heterocycles. The van der Waals surface area contributed by atoms with Crippen molar-refractivity contribution in [2.24, 2.45) is 0 Å². The zero-order valence-corrected chi connectivity index (χ0v) is 25.7. The molecule has 1 heterocycles. The molecule has 0 radical (unpaired) electrons. The maximum atomic E-state index is 13.9. The van der Waals surface area contributed by atoms with Gasteiger partial charge in [-0.3, -0.25) is 0 Å². The van der Waals surface area contributed by atoms with Crippen molar-refractivity contribution in [1.82, 2.24) is 0 Å². The first-order chi connectivity index (χ1) is 21.1. The second kappa shape index (κ2) is 10.3. The molecular formula is C38H37N3O3-2. The molecule has 0 saturated heterocycles. The Balaban J connectivity index is 1.25. The van der Waals surface area contributed by atoms with Crippen LogP contribution in [-0.2, 0) is 0 Å². The van der Waals surface area contributed by atoms with Crippen LogP contribution in [0.15, 0.2) is 97.1 Å². The first kappa shape index (κ1) is 28.3. The van der Waals surface area contributed by atoms with Crippen molar-refractivity contribution in [2.45, 2.75) is 57.4 Å².